The van der Waals surface area contributed by atoms with Crippen molar-refractivity contribution in [2.24, 2.45) is 0 Å². The van der Waals surface area contributed by atoms with E-state index in [2.05, 4.69) is 50.3 Å². The topological polar surface area (TPSA) is 254 Å². The van der Waals surface area contributed by atoms with E-state index in [-0.39, 0.29) is 72.6 Å². The van der Waals surface area contributed by atoms with Gasteiger partial charge in [-0.1, -0.05) is 25.7 Å². The molecule has 23 heteroatoms. The molecule has 6 amide bonds. The zero-order valence-corrected chi connectivity index (χ0v) is 45.5. The maximum atomic E-state index is 13.2. The van der Waals surface area contributed by atoms with Crippen molar-refractivity contribution >= 4 is 92.4 Å². The Morgan fingerprint density at radius 2 is 1.08 bits per heavy atom. The average Bonchev–Trinajstić information content (AvgIpc) is 4.34. The van der Waals surface area contributed by atoms with Gasteiger partial charge in [0, 0.05) is 114 Å². The highest BCUT2D eigenvalue weighted by Gasteiger charge is 2.43. The van der Waals surface area contributed by atoms with Crippen LogP contribution >= 0.6 is 0 Å². The van der Waals surface area contributed by atoms with Crippen LogP contribution in [0.1, 0.15) is 130 Å². The molecule has 414 valence electrons. The maximum Gasteiger partial charge on any atom is 0.270 e. The molecule has 4 N–H and O–H groups in total. The van der Waals surface area contributed by atoms with Gasteiger partial charge in [0.1, 0.15) is 34.3 Å². The zero-order chi connectivity index (χ0) is 55.1. The Bertz CT molecular complexity index is 3290. The number of hydrogen-bond acceptors (Lipinski definition) is 15. The first-order valence-electron chi connectivity index (χ1n) is 27.7. The number of amides is 6. The minimum Gasteiger partial charge on any atom is -0.347 e. The minimum atomic E-state index is -0.259. The van der Waals surface area contributed by atoms with Gasteiger partial charge >= 0.3 is 0 Å². The molecule has 4 bridgehead atoms. The summed E-state index contributed by atoms with van der Waals surface area (Å²) in [7, 11) is 7.04. The quantitative estimate of drug-likeness (QED) is 0.112. The van der Waals surface area contributed by atoms with E-state index in [1.165, 1.54) is 6.92 Å². The van der Waals surface area contributed by atoms with Gasteiger partial charge in [-0.2, -0.15) is 9.97 Å². The molecule has 79 heavy (non-hydrogen) atoms. The fourth-order valence-electron chi connectivity index (χ4n) is 12.5. The van der Waals surface area contributed by atoms with Crippen molar-refractivity contribution in [3.8, 4) is 0 Å². The van der Waals surface area contributed by atoms with Gasteiger partial charge < -0.3 is 54.9 Å². The Hall–Kier alpha value is -8.08. The molecule has 6 aliphatic rings. The van der Waals surface area contributed by atoms with Crippen molar-refractivity contribution in [3.05, 3.63) is 72.6 Å². The van der Waals surface area contributed by atoms with Crippen molar-refractivity contribution < 1.29 is 28.8 Å². The molecule has 12 rings (SSSR count). The molecular formula is C56H69N17O6. The van der Waals surface area contributed by atoms with Crippen LogP contribution in [0.2, 0.25) is 0 Å². The number of rotatable bonds is 12. The van der Waals surface area contributed by atoms with Gasteiger partial charge in [-0.15, -0.1) is 0 Å². The second-order valence-corrected chi connectivity index (χ2v) is 22.2. The van der Waals surface area contributed by atoms with Crippen molar-refractivity contribution in [3.63, 3.8) is 0 Å². The van der Waals surface area contributed by atoms with Crippen LogP contribution in [-0.2, 0) is 19.2 Å². The van der Waals surface area contributed by atoms with Crippen LogP contribution in [0.15, 0.2) is 61.2 Å². The third kappa shape index (κ3) is 11.0. The van der Waals surface area contributed by atoms with E-state index in [4.69, 9.17) is 9.97 Å². The Balaban J connectivity index is 0.000000170. The second kappa shape index (κ2) is 22.3. The van der Waals surface area contributed by atoms with Crippen LogP contribution < -0.4 is 31.1 Å². The van der Waals surface area contributed by atoms with E-state index in [1.807, 2.05) is 35.2 Å². The smallest absolute Gasteiger partial charge is 0.270 e. The molecular weight excluding hydrogens is 1010 g/mol. The Morgan fingerprint density at radius 1 is 0.582 bits per heavy atom. The van der Waals surface area contributed by atoms with Crippen LogP contribution in [0.4, 0.5) is 34.9 Å². The molecule has 4 atom stereocenters. The molecule has 6 fully saturated rings. The SMILES string of the molecule is CC(=O)NCC(=O)N1[C@@H]2CC[C@H]1CN(c1ccc(Nc3ncc4cc(C(=O)N(C)C)n(C5CCCC5)c4n3)nc1)C(=O)C2.CN(C)C(=O)c1cc2cnc(Nc3ccc(N4C[C@@H]5CC[C@H](CC4=O)N5)cn3)nc2n1C1CCCC1. The molecule has 2 saturated carbocycles. The normalized spacial score (nSPS) is 21.3. The molecule has 4 aliphatic heterocycles. The van der Waals surface area contributed by atoms with Crippen molar-refractivity contribution in [2.45, 2.75) is 133 Å². The van der Waals surface area contributed by atoms with Crippen LogP contribution in [-0.4, -0.2) is 161 Å². The summed E-state index contributed by atoms with van der Waals surface area (Å²) in [4.78, 5) is 112. The van der Waals surface area contributed by atoms with E-state index in [1.54, 1.807) is 78.6 Å². The number of nitrogens with zero attached hydrogens (tertiary/aromatic N) is 13. The standard InChI is InChI=1S/C30H37N9O4.C26H32N8O2/c1-18(40)31-16-27(42)38-21-8-9-23(38)17-37(26(41)13-21)22-10-11-25(32-15-22)34-30-33-14-19-12-24(29(43)36(2)3)39(28(19)35-30)20-6-4-5-7-20;1-32(2)25(36)21-11-16-13-28-26(31-24(16)34(21)19-5-3-4-6-19)30-22-10-9-20(14-27-22)33-15-18-8-7-17(29-18)12-23(33)35/h10-12,14-15,20-21,23H,4-9,13,16-17H2,1-3H3,(H,31,40)(H,32,33,34,35);9-11,13-14,17-19,29H,3-8,12,15H2,1-2H3,(H,27,28,30,31)/t21-,23+;17-,18+/m11/s1. The van der Waals surface area contributed by atoms with Gasteiger partial charge in [0.15, 0.2) is 0 Å². The van der Waals surface area contributed by atoms with E-state index in [0.29, 0.717) is 77.8 Å². The largest absolute Gasteiger partial charge is 0.347 e. The highest BCUT2D eigenvalue weighted by molar-refractivity contribution is 5.99. The molecule has 6 aromatic rings. The number of pyridine rings is 2. The summed E-state index contributed by atoms with van der Waals surface area (Å²) in [5.41, 5.74) is 4.20. The first kappa shape index (κ1) is 52.9. The van der Waals surface area contributed by atoms with E-state index >= 15 is 0 Å². The highest BCUT2D eigenvalue weighted by Crippen LogP contribution is 2.38. The van der Waals surface area contributed by atoms with Gasteiger partial charge in [-0.3, -0.25) is 28.8 Å². The first-order valence-corrected chi connectivity index (χ1v) is 27.7. The summed E-state index contributed by atoms with van der Waals surface area (Å²) < 4.78 is 4.16. The lowest BCUT2D eigenvalue weighted by atomic mass is 10.1. The van der Waals surface area contributed by atoms with Crippen LogP contribution in [0, 0.1) is 0 Å². The van der Waals surface area contributed by atoms with Gasteiger partial charge in [0.2, 0.25) is 35.5 Å². The van der Waals surface area contributed by atoms with E-state index in [0.717, 1.165) is 99.2 Å². The number of nitrogens with one attached hydrogen (secondary N) is 4. The fraction of sp³-hybridized carbons (Fsp3) is 0.500. The Kier molecular flexibility index (Phi) is 15.0. The zero-order valence-electron chi connectivity index (χ0n) is 45.5. The lowest BCUT2D eigenvalue weighted by Gasteiger charge is -2.29. The predicted octanol–water partition coefficient (Wildman–Crippen LogP) is 5.86. The molecule has 2 aliphatic carbocycles. The Labute approximate surface area is 457 Å². The predicted molar refractivity (Wildman–Crippen MR) is 297 cm³/mol. The third-order valence-electron chi connectivity index (χ3n) is 16.3. The molecule has 10 heterocycles. The minimum absolute atomic E-state index is 0.0295. The molecule has 0 aromatic carbocycles. The number of anilines is 6. The van der Waals surface area contributed by atoms with Crippen LogP contribution in [0.25, 0.3) is 22.1 Å². The third-order valence-corrected chi connectivity index (χ3v) is 16.3. The van der Waals surface area contributed by atoms with Crippen LogP contribution in [0.3, 0.4) is 0 Å². The fourth-order valence-corrected chi connectivity index (χ4v) is 12.5. The number of fused-ring (bicyclic) bond motifs is 6. The number of carbonyl (C=O) groups excluding carboxylic acids is 6. The lowest BCUT2D eigenvalue weighted by molar-refractivity contribution is -0.134. The summed E-state index contributed by atoms with van der Waals surface area (Å²) in [5.74, 6) is 1.48. The van der Waals surface area contributed by atoms with Crippen LogP contribution in [0.5, 0.6) is 0 Å². The number of carbonyl (C=O) groups is 6. The molecule has 0 spiro atoms. The van der Waals surface area contributed by atoms with Gasteiger partial charge in [-0.25, -0.2) is 19.9 Å². The molecule has 4 saturated heterocycles. The summed E-state index contributed by atoms with van der Waals surface area (Å²) in [6, 6.07) is 12.0. The molecule has 23 nitrogen and oxygen atoms in total. The number of hydrogen-bond donors (Lipinski definition) is 4. The van der Waals surface area contributed by atoms with Gasteiger partial charge in [0.05, 0.1) is 36.4 Å². The molecule has 0 unspecified atom stereocenters. The van der Waals surface area contributed by atoms with Gasteiger partial charge in [0.25, 0.3) is 11.8 Å². The van der Waals surface area contributed by atoms with Gasteiger partial charge in [-0.05, 0) is 87.8 Å². The summed E-state index contributed by atoms with van der Waals surface area (Å²) in [5, 5.41) is 14.1. The van der Waals surface area contributed by atoms with E-state index in [9.17, 15) is 28.8 Å². The average molecular weight is 1080 g/mol. The molecule has 0 radical (unpaired) electrons. The second-order valence-electron chi connectivity index (χ2n) is 22.2. The van der Waals surface area contributed by atoms with Crippen molar-refractivity contribution in [1.82, 2.24) is 64.4 Å². The monoisotopic (exact) mass is 1080 g/mol. The first-order chi connectivity index (χ1) is 38.1. The van der Waals surface area contributed by atoms with E-state index < -0.39 is 0 Å². The van der Waals surface area contributed by atoms with Crippen molar-refractivity contribution in [1.29, 1.82) is 0 Å². The summed E-state index contributed by atoms with van der Waals surface area (Å²) in [6.07, 6.45) is 20.0. The molecule has 6 aromatic heterocycles. The highest BCUT2D eigenvalue weighted by atomic mass is 16.2. The summed E-state index contributed by atoms with van der Waals surface area (Å²) >= 11 is 0. The lowest BCUT2D eigenvalue weighted by Crippen LogP contribution is -2.47. The number of aromatic nitrogens is 8. The van der Waals surface area contributed by atoms with Crippen molar-refractivity contribution in [2.75, 3.05) is 68.3 Å². The Morgan fingerprint density at radius 3 is 1.57 bits per heavy atom. The summed E-state index contributed by atoms with van der Waals surface area (Å²) in [6.45, 7) is 2.37. The maximum absolute atomic E-state index is 13.2.